The van der Waals surface area contributed by atoms with Gasteiger partial charge in [0.25, 0.3) is 5.91 Å². The van der Waals surface area contributed by atoms with Crippen LogP contribution in [0.3, 0.4) is 0 Å². The number of amides is 2. The topological polar surface area (TPSA) is 95.5 Å². The summed E-state index contributed by atoms with van der Waals surface area (Å²) in [6.07, 6.45) is 0.349. The summed E-state index contributed by atoms with van der Waals surface area (Å²) in [5.41, 5.74) is 1.82. The van der Waals surface area contributed by atoms with Crippen LogP contribution in [0.4, 0.5) is 11.4 Å². The number of anilines is 2. The average molecular weight is 326 g/mol. The summed E-state index contributed by atoms with van der Waals surface area (Å²) in [5.74, 6) is -1.81. The maximum Gasteiger partial charge on any atom is 0.336 e. The predicted molar refractivity (Wildman–Crippen MR) is 91.5 cm³/mol. The van der Waals surface area contributed by atoms with Crippen molar-refractivity contribution < 1.29 is 19.5 Å². The minimum atomic E-state index is -1.17. The maximum absolute atomic E-state index is 12.4. The van der Waals surface area contributed by atoms with E-state index in [-0.39, 0.29) is 17.0 Å². The Balaban J connectivity index is 2.29. The van der Waals surface area contributed by atoms with Gasteiger partial charge in [-0.1, -0.05) is 25.1 Å². The minimum absolute atomic E-state index is 0.0666. The van der Waals surface area contributed by atoms with Gasteiger partial charge in [-0.05, 0) is 36.8 Å². The molecule has 0 saturated heterocycles. The summed E-state index contributed by atoms with van der Waals surface area (Å²) in [6.45, 7) is 3.52. The van der Waals surface area contributed by atoms with Gasteiger partial charge in [0.05, 0.1) is 11.1 Å². The SMILES string of the molecule is CCC(=O)Nc1cccc(NC(=O)c2ccccc2C(=O)O)c1C. The first-order valence-electron chi connectivity index (χ1n) is 7.47. The van der Waals surface area contributed by atoms with E-state index in [9.17, 15) is 19.5 Å². The molecule has 0 heterocycles. The summed E-state index contributed by atoms with van der Waals surface area (Å²) < 4.78 is 0. The smallest absolute Gasteiger partial charge is 0.336 e. The summed E-state index contributed by atoms with van der Waals surface area (Å²) in [4.78, 5) is 35.2. The van der Waals surface area contributed by atoms with Gasteiger partial charge < -0.3 is 15.7 Å². The van der Waals surface area contributed by atoms with Gasteiger partial charge in [-0.3, -0.25) is 9.59 Å². The van der Waals surface area contributed by atoms with Crippen LogP contribution >= 0.6 is 0 Å². The molecule has 2 aromatic carbocycles. The Labute approximate surface area is 139 Å². The van der Waals surface area contributed by atoms with Crippen LogP contribution < -0.4 is 10.6 Å². The number of rotatable bonds is 5. The van der Waals surface area contributed by atoms with Crippen molar-refractivity contribution in [3.8, 4) is 0 Å². The first-order chi connectivity index (χ1) is 11.4. The molecule has 3 N–H and O–H groups in total. The molecule has 2 amide bonds. The molecule has 0 unspecified atom stereocenters. The van der Waals surface area contributed by atoms with Gasteiger partial charge in [-0.2, -0.15) is 0 Å². The zero-order valence-electron chi connectivity index (χ0n) is 13.4. The molecule has 0 aromatic heterocycles. The molecule has 0 aliphatic rings. The molecule has 24 heavy (non-hydrogen) atoms. The van der Waals surface area contributed by atoms with Crippen molar-refractivity contribution >= 4 is 29.2 Å². The van der Waals surface area contributed by atoms with E-state index in [0.29, 0.717) is 23.4 Å². The highest BCUT2D eigenvalue weighted by Crippen LogP contribution is 2.24. The molecule has 0 aliphatic heterocycles. The summed E-state index contributed by atoms with van der Waals surface area (Å²) in [7, 11) is 0. The molecule has 0 radical (unpaired) electrons. The molecular weight excluding hydrogens is 308 g/mol. The van der Waals surface area contributed by atoms with Crippen LogP contribution in [0.25, 0.3) is 0 Å². The fourth-order valence-electron chi connectivity index (χ4n) is 2.20. The van der Waals surface area contributed by atoms with Gasteiger partial charge in [0.15, 0.2) is 0 Å². The molecule has 2 rings (SSSR count). The van der Waals surface area contributed by atoms with Crippen LogP contribution in [0.15, 0.2) is 42.5 Å². The Hall–Kier alpha value is -3.15. The first kappa shape index (κ1) is 17.2. The summed E-state index contributed by atoms with van der Waals surface area (Å²) in [6, 6.07) is 11.1. The molecule has 2 aromatic rings. The molecule has 6 heteroatoms. The molecule has 0 spiro atoms. The maximum atomic E-state index is 12.4. The number of carboxylic acids is 1. The quantitative estimate of drug-likeness (QED) is 0.785. The van der Waals surface area contributed by atoms with E-state index in [1.165, 1.54) is 12.1 Å². The second-order valence-electron chi connectivity index (χ2n) is 5.18. The van der Waals surface area contributed by atoms with E-state index in [1.807, 2.05) is 0 Å². The fourth-order valence-corrected chi connectivity index (χ4v) is 2.20. The molecule has 6 nitrogen and oxygen atoms in total. The van der Waals surface area contributed by atoms with Gasteiger partial charge >= 0.3 is 5.97 Å². The Morgan fingerprint density at radius 1 is 0.917 bits per heavy atom. The molecule has 0 aliphatic carbocycles. The van der Waals surface area contributed by atoms with E-state index in [1.54, 1.807) is 44.2 Å². The lowest BCUT2D eigenvalue weighted by Crippen LogP contribution is -2.17. The van der Waals surface area contributed by atoms with Crippen molar-refractivity contribution in [3.63, 3.8) is 0 Å². The highest BCUT2D eigenvalue weighted by molar-refractivity contribution is 6.11. The third kappa shape index (κ3) is 3.78. The van der Waals surface area contributed by atoms with Gasteiger partial charge in [0, 0.05) is 17.8 Å². The van der Waals surface area contributed by atoms with E-state index < -0.39 is 11.9 Å². The number of carbonyl (C=O) groups excluding carboxylic acids is 2. The van der Waals surface area contributed by atoms with Crippen molar-refractivity contribution in [3.05, 3.63) is 59.2 Å². The first-order valence-corrected chi connectivity index (χ1v) is 7.47. The van der Waals surface area contributed by atoms with Crippen LogP contribution in [0.5, 0.6) is 0 Å². The molecule has 124 valence electrons. The van der Waals surface area contributed by atoms with Gasteiger partial charge in [0.1, 0.15) is 0 Å². The molecular formula is C18H18N2O4. The van der Waals surface area contributed by atoms with Crippen molar-refractivity contribution in [2.24, 2.45) is 0 Å². The highest BCUT2D eigenvalue weighted by atomic mass is 16.4. The minimum Gasteiger partial charge on any atom is -0.478 e. The monoisotopic (exact) mass is 326 g/mol. The second-order valence-corrected chi connectivity index (χ2v) is 5.18. The highest BCUT2D eigenvalue weighted by Gasteiger charge is 2.17. The Kier molecular flexibility index (Phi) is 5.31. The van der Waals surface area contributed by atoms with Crippen LogP contribution in [0.1, 0.15) is 39.6 Å². The standard InChI is InChI=1S/C18H18N2O4/c1-3-16(21)19-14-9-6-10-15(11(14)2)20-17(22)12-7-4-5-8-13(12)18(23)24/h4-10H,3H2,1-2H3,(H,19,21)(H,20,22)(H,23,24). The predicted octanol–water partition coefficient (Wildman–Crippen LogP) is 3.29. The third-order valence-corrected chi connectivity index (χ3v) is 3.58. The van der Waals surface area contributed by atoms with Crippen LogP contribution in [-0.4, -0.2) is 22.9 Å². The summed E-state index contributed by atoms with van der Waals surface area (Å²) >= 11 is 0. The number of hydrogen-bond donors (Lipinski definition) is 3. The van der Waals surface area contributed by atoms with E-state index in [0.717, 1.165) is 0 Å². The van der Waals surface area contributed by atoms with Crippen molar-refractivity contribution in [1.29, 1.82) is 0 Å². The van der Waals surface area contributed by atoms with E-state index >= 15 is 0 Å². The van der Waals surface area contributed by atoms with Crippen LogP contribution in [-0.2, 0) is 4.79 Å². The molecule has 0 atom stereocenters. The fraction of sp³-hybridized carbons (Fsp3) is 0.167. The van der Waals surface area contributed by atoms with Crippen molar-refractivity contribution in [2.75, 3.05) is 10.6 Å². The number of benzene rings is 2. The Bertz CT molecular complexity index is 799. The van der Waals surface area contributed by atoms with Crippen LogP contribution in [0, 0.1) is 6.92 Å². The number of aromatic carboxylic acids is 1. The van der Waals surface area contributed by atoms with Gasteiger partial charge in [-0.15, -0.1) is 0 Å². The normalized spacial score (nSPS) is 10.1. The molecule has 0 bridgehead atoms. The van der Waals surface area contributed by atoms with Gasteiger partial charge in [0.2, 0.25) is 5.91 Å². The number of nitrogens with one attached hydrogen (secondary N) is 2. The largest absolute Gasteiger partial charge is 0.478 e. The van der Waals surface area contributed by atoms with Crippen LogP contribution in [0.2, 0.25) is 0 Å². The lowest BCUT2D eigenvalue weighted by Gasteiger charge is -2.14. The van der Waals surface area contributed by atoms with Crippen molar-refractivity contribution in [2.45, 2.75) is 20.3 Å². The Morgan fingerprint density at radius 3 is 2.08 bits per heavy atom. The molecule has 0 saturated carbocycles. The second kappa shape index (κ2) is 7.41. The zero-order valence-corrected chi connectivity index (χ0v) is 13.4. The zero-order chi connectivity index (χ0) is 17.7. The summed E-state index contributed by atoms with van der Waals surface area (Å²) in [5, 5.41) is 14.6. The molecule has 0 fully saturated rings. The third-order valence-electron chi connectivity index (χ3n) is 3.58. The lowest BCUT2D eigenvalue weighted by atomic mass is 10.1. The number of carboxylic acid groups (broad SMARTS) is 1. The van der Waals surface area contributed by atoms with E-state index in [2.05, 4.69) is 10.6 Å². The number of carbonyl (C=O) groups is 3. The average Bonchev–Trinajstić information content (AvgIpc) is 2.58. The van der Waals surface area contributed by atoms with Gasteiger partial charge in [-0.25, -0.2) is 4.79 Å². The Morgan fingerprint density at radius 2 is 1.50 bits per heavy atom. The van der Waals surface area contributed by atoms with E-state index in [4.69, 9.17) is 0 Å². The van der Waals surface area contributed by atoms with Crippen molar-refractivity contribution in [1.82, 2.24) is 0 Å². The number of hydrogen-bond acceptors (Lipinski definition) is 3. The lowest BCUT2D eigenvalue weighted by molar-refractivity contribution is -0.115.